The number of hydrogen-bond acceptors (Lipinski definition) is 5. The Morgan fingerprint density at radius 3 is 2.61 bits per heavy atom. The number of aromatic nitrogens is 1. The molecule has 23 heavy (non-hydrogen) atoms. The summed E-state index contributed by atoms with van der Waals surface area (Å²) >= 11 is 1.40. The van der Waals surface area contributed by atoms with Crippen molar-refractivity contribution >= 4 is 47.7 Å². The second kappa shape index (κ2) is 9.85. The van der Waals surface area contributed by atoms with Crippen molar-refractivity contribution in [2.75, 3.05) is 19.4 Å². The summed E-state index contributed by atoms with van der Waals surface area (Å²) in [6, 6.07) is 6.09. The maximum atomic E-state index is 12.2. The molecule has 1 heterocycles. The summed E-state index contributed by atoms with van der Waals surface area (Å²) in [4.78, 5) is 18.5. The summed E-state index contributed by atoms with van der Waals surface area (Å²) in [6.45, 7) is 3.16. The quantitative estimate of drug-likeness (QED) is 0.840. The first-order valence-corrected chi connectivity index (χ1v) is 7.57. The van der Waals surface area contributed by atoms with Crippen LogP contribution in [0.1, 0.15) is 26.6 Å². The maximum Gasteiger partial charge on any atom is 0.275 e. The van der Waals surface area contributed by atoms with Crippen molar-refractivity contribution in [2.24, 2.45) is 5.73 Å². The minimum Gasteiger partial charge on any atom is -0.325 e. The van der Waals surface area contributed by atoms with Gasteiger partial charge in [0.2, 0.25) is 0 Å². The Kier molecular flexibility index (Phi) is 9.34. The van der Waals surface area contributed by atoms with E-state index in [1.807, 2.05) is 33.2 Å². The van der Waals surface area contributed by atoms with Gasteiger partial charge < -0.3 is 16.0 Å². The molecule has 0 aliphatic heterocycles. The van der Waals surface area contributed by atoms with Gasteiger partial charge in [0.15, 0.2) is 0 Å². The number of nitrogens with one attached hydrogen (secondary N) is 1. The molecule has 1 aromatic carbocycles. The number of nitrogens with zero attached hydrogens (tertiary/aromatic N) is 2. The van der Waals surface area contributed by atoms with E-state index in [9.17, 15) is 4.79 Å². The zero-order chi connectivity index (χ0) is 15.4. The summed E-state index contributed by atoms with van der Waals surface area (Å²) in [7, 11) is 4.03. The van der Waals surface area contributed by atoms with Gasteiger partial charge in [0.1, 0.15) is 10.7 Å². The molecule has 0 aliphatic rings. The van der Waals surface area contributed by atoms with E-state index in [0.29, 0.717) is 12.2 Å². The average molecular weight is 377 g/mol. The van der Waals surface area contributed by atoms with Gasteiger partial charge in [0.05, 0.1) is 0 Å². The first kappa shape index (κ1) is 21.8. The topological polar surface area (TPSA) is 71.2 Å². The highest BCUT2D eigenvalue weighted by atomic mass is 35.5. The first-order valence-electron chi connectivity index (χ1n) is 6.69. The van der Waals surface area contributed by atoms with Crippen LogP contribution in [0.25, 0.3) is 0 Å². The summed E-state index contributed by atoms with van der Waals surface area (Å²) in [5, 5.41) is 5.42. The second-order valence-electron chi connectivity index (χ2n) is 5.17. The molecule has 0 bridgehead atoms. The van der Waals surface area contributed by atoms with Crippen LogP contribution in [0.4, 0.5) is 5.69 Å². The van der Waals surface area contributed by atoms with Crippen LogP contribution in [-0.4, -0.2) is 29.9 Å². The normalized spacial score (nSPS) is 9.96. The molecule has 0 saturated carbocycles. The Balaban J connectivity index is 0.00000242. The second-order valence-corrected chi connectivity index (χ2v) is 6.11. The van der Waals surface area contributed by atoms with Gasteiger partial charge in [-0.1, -0.05) is 12.1 Å². The van der Waals surface area contributed by atoms with E-state index < -0.39 is 0 Å². The highest BCUT2D eigenvalue weighted by Crippen LogP contribution is 2.19. The van der Waals surface area contributed by atoms with E-state index >= 15 is 0 Å². The van der Waals surface area contributed by atoms with Crippen LogP contribution in [-0.2, 0) is 13.1 Å². The zero-order valence-corrected chi connectivity index (χ0v) is 15.8. The lowest BCUT2D eigenvalue weighted by atomic mass is 10.1. The largest absolute Gasteiger partial charge is 0.325 e. The van der Waals surface area contributed by atoms with Crippen LogP contribution in [0.3, 0.4) is 0 Å². The van der Waals surface area contributed by atoms with Crippen molar-refractivity contribution in [3.63, 3.8) is 0 Å². The van der Waals surface area contributed by atoms with Crippen molar-refractivity contribution < 1.29 is 4.79 Å². The molecule has 8 heteroatoms. The van der Waals surface area contributed by atoms with Gasteiger partial charge in [-0.25, -0.2) is 4.98 Å². The Morgan fingerprint density at radius 2 is 2.04 bits per heavy atom. The number of carbonyl (C=O) groups is 1. The smallest absolute Gasteiger partial charge is 0.275 e. The number of halogens is 2. The zero-order valence-electron chi connectivity index (χ0n) is 13.3. The van der Waals surface area contributed by atoms with Crippen LogP contribution in [0.5, 0.6) is 0 Å². The molecule has 5 nitrogen and oxygen atoms in total. The molecule has 1 aromatic heterocycles. The molecule has 0 saturated heterocycles. The van der Waals surface area contributed by atoms with Crippen molar-refractivity contribution in [3.05, 3.63) is 45.4 Å². The number of amides is 1. The van der Waals surface area contributed by atoms with Gasteiger partial charge >= 0.3 is 0 Å². The fourth-order valence-electron chi connectivity index (χ4n) is 1.96. The molecule has 0 aliphatic carbocycles. The van der Waals surface area contributed by atoms with Gasteiger partial charge in [-0.2, -0.15) is 0 Å². The maximum absolute atomic E-state index is 12.2. The number of aryl methyl sites for hydroxylation is 1. The highest BCUT2D eigenvalue weighted by Gasteiger charge is 2.12. The van der Waals surface area contributed by atoms with Crippen molar-refractivity contribution in [3.8, 4) is 0 Å². The molecular weight excluding hydrogens is 355 g/mol. The van der Waals surface area contributed by atoms with Crippen LogP contribution in [0.15, 0.2) is 23.6 Å². The van der Waals surface area contributed by atoms with Crippen molar-refractivity contribution in [1.29, 1.82) is 0 Å². The van der Waals surface area contributed by atoms with Gasteiger partial charge in [-0.15, -0.1) is 36.2 Å². The molecule has 0 spiro atoms. The third-order valence-corrected chi connectivity index (χ3v) is 3.88. The molecule has 0 unspecified atom stereocenters. The molecule has 128 valence electrons. The van der Waals surface area contributed by atoms with E-state index in [1.54, 1.807) is 5.38 Å². The number of anilines is 1. The third-order valence-electron chi connectivity index (χ3n) is 3.01. The van der Waals surface area contributed by atoms with Gasteiger partial charge in [0.25, 0.3) is 5.91 Å². The Morgan fingerprint density at radius 1 is 1.35 bits per heavy atom. The molecular formula is C15H22Cl2N4OS. The van der Waals surface area contributed by atoms with E-state index in [2.05, 4.69) is 21.3 Å². The van der Waals surface area contributed by atoms with Crippen LogP contribution >= 0.6 is 36.2 Å². The number of carbonyl (C=O) groups excluding carboxylic acids is 1. The van der Waals surface area contributed by atoms with E-state index in [4.69, 9.17) is 5.73 Å². The number of nitrogens with two attached hydrogens (primary N) is 1. The molecule has 1 amide bonds. The summed E-state index contributed by atoms with van der Waals surface area (Å²) in [6.07, 6.45) is 0. The predicted octanol–water partition coefficient (Wildman–Crippen LogP) is 3.07. The van der Waals surface area contributed by atoms with Crippen molar-refractivity contribution in [2.45, 2.75) is 20.0 Å². The predicted molar refractivity (Wildman–Crippen MR) is 101 cm³/mol. The van der Waals surface area contributed by atoms with E-state index in [-0.39, 0.29) is 30.7 Å². The van der Waals surface area contributed by atoms with E-state index in [0.717, 1.165) is 28.4 Å². The number of thiazole rings is 1. The Labute approximate surface area is 153 Å². The lowest BCUT2D eigenvalue weighted by Crippen LogP contribution is -2.15. The van der Waals surface area contributed by atoms with Gasteiger partial charge in [-0.3, -0.25) is 4.79 Å². The average Bonchev–Trinajstić information content (AvgIpc) is 2.91. The minimum absolute atomic E-state index is 0. The van der Waals surface area contributed by atoms with Gasteiger partial charge in [-0.05, 0) is 38.2 Å². The number of rotatable bonds is 5. The van der Waals surface area contributed by atoms with E-state index in [1.165, 1.54) is 11.3 Å². The molecule has 0 radical (unpaired) electrons. The molecule has 0 atom stereocenters. The van der Waals surface area contributed by atoms with Crippen LogP contribution in [0.2, 0.25) is 0 Å². The Hall–Kier alpha value is -1.18. The molecule has 0 fully saturated rings. The van der Waals surface area contributed by atoms with Crippen LogP contribution in [0, 0.1) is 6.92 Å². The van der Waals surface area contributed by atoms with Gasteiger partial charge in [0, 0.05) is 24.2 Å². The van der Waals surface area contributed by atoms with Crippen LogP contribution < -0.4 is 11.1 Å². The molecule has 2 rings (SSSR count). The fourth-order valence-corrected chi connectivity index (χ4v) is 2.62. The SMILES string of the molecule is Cc1ccc(CN(C)C)cc1NC(=O)c1csc(CN)n1.Cl.Cl. The molecule has 3 N–H and O–H groups in total. The summed E-state index contributed by atoms with van der Waals surface area (Å²) < 4.78 is 0. The Bertz CT molecular complexity index is 646. The highest BCUT2D eigenvalue weighted by molar-refractivity contribution is 7.09. The standard InChI is InChI=1S/C15H20N4OS.2ClH/c1-10-4-5-11(8-19(2)3)6-12(10)18-15(20)13-9-21-14(7-16)17-13;;/h4-6,9H,7-8,16H2,1-3H3,(H,18,20);2*1H. The monoisotopic (exact) mass is 376 g/mol. The fraction of sp³-hybridized carbons (Fsp3) is 0.333. The summed E-state index contributed by atoms with van der Waals surface area (Å²) in [5.74, 6) is -0.198. The number of benzene rings is 1. The minimum atomic E-state index is -0.198. The van der Waals surface area contributed by atoms with Crippen molar-refractivity contribution in [1.82, 2.24) is 9.88 Å². The third kappa shape index (κ3) is 6.08. The lowest BCUT2D eigenvalue weighted by molar-refractivity contribution is 0.102. The molecule has 2 aromatic rings. The lowest BCUT2D eigenvalue weighted by Gasteiger charge is -2.13. The summed E-state index contributed by atoms with van der Waals surface area (Å²) in [5.41, 5.74) is 8.94. The number of hydrogen-bond donors (Lipinski definition) is 2. The first-order chi connectivity index (χ1) is 9.99.